The van der Waals surface area contributed by atoms with Crippen LogP contribution < -0.4 is 0 Å². The van der Waals surface area contributed by atoms with Crippen molar-refractivity contribution in [2.75, 3.05) is 0 Å². The van der Waals surface area contributed by atoms with E-state index in [9.17, 15) is 4.39 Å². The van der Waals surface area contributed by atoms with Crippen LogP contribution in [0.3, 0.4) is 0 Å². The number of hydrogen-bond acceptors (Lipinski definition) is 1. The van der Waals surface area contributed by atoms with Crippen molar-refractivity contribution in [1.29, 1.82) is 0 Å². The molecule has 0 aliphatic rings. The van der Waals surface area contributed by atoms with Crippen LogP contribution in [0.25, 0.3) is 11.0 Å². The molecule has 21 heavy (non-hydrogen) atoms. The zero-order valence-electron chi connectivity index (χ0n) is 12.2. The van der Waals surface area contributed by atoms with E-state index in [4.69, 9.17) is 0 Å². The molecule has 0 spiro atoms. The Kier molecular flexibility index (Phi) is 3.57. The maximum Gasteiger partial charge on any atom is 0.129 e. The third kappa shape index (κ3) is 2.60. The molecule has 2 nitrogen and oxygen atoms in total. The second-order valence-electron chi connectivity index (χ2n) is 5.53. The standard InChI is InChI=1S/C17H16BrFN2/c1-10-4-14(18)17-15(5-10)21(9-20-17)8-13-6-11(2)16(19)12(3)7-13/h4-7,9H,8H2,1-3H3. The number of rotatable bonds is 2. The van der Waals surface area contributed by atoms with E-state index in [1.807, 2.05) is 18.5 Å². The highest BCUT2D eigenvalue weighted by molar-refractivity contribution is 9.10. The summed E-state index contributed by atoms with van der Waals surface area (Å²) >= 11 is 3.55. The first-order valence-electron chi connectivity index (χ1n) is 6.82. The minimum absolute atomic E-state index is 0.118. The maximum atomic E-state index is 13.7. The second-order valence-corrected chi connectivity index (χ2v) is 6.38. The van der Waals surface area contributed by atoms with Gasteiger partial charge < -0.3 is 4.57 Å². The number of aromatic nitrogens is 2. The van der Waals surface area contributed by atoms with Gasteiger partial charge in [0, 0.05) is 11.0 Å². The molecule has 1 aromatic heterocycles. The molecule has 0 unspecified atom stereocenters. The van der Waals surface area contributed by atoms with Crippen LogP contribution in [0, 0.1) is 26.6 Å². The van der Waals surface area contributed by atoms with Gasteiger partial charge >= 0.3 is 0 Å². The van der Waals surface area contributed by atoms with Crippen LogP contribution in [0.1, 0.15) is 22.3 Å². The van der Waals surface area contributed by atoms with Gasteiger partial charge in [0.05, 0.1) is 11.8 Å². The van der Waals surface area contributed by atoms with Crippen LogP contribution in [-0.2, 0) is 6.54 Å². The predicted octanol–water partition coefficient (Wildman–Crippen LogP) is 4.91. The molecule has 0 saturated heterocycles. The number of aryl methyl sites for hydroxylation is 3. The Balaban J connectivity index is 2.06. The van der Waals surface area contributed by atoms with Crippen LogP contribution in [0.15, 0.2) is 35.1 Å². The first-order valence-corrected chi connectivity index (χ1v) is 7.61. The topological polar surface area (TPSA) is 17.8 Å². The molecular weight excluding hydrogens is 331 g/mol. The lowest BCUT2D eigenvalue weighted by Crippen LogP contribution is -2.00. The van der Waals surface area contributed by atoms with Crippen molar-refractivity contribution >= 4 is 27.0 Å². The molecule has 1 heterocycles. The molecule has 0 saturated carbocycles. The van der Waals surface area contributed by atoms with Crippen molar-refractivity contribution < 1.29 is 4.39 Å². The van der Waals surface area contributed by atoms with Crippen LogP contribution in [0.2, 0.25) is 0 Å². The minimum Gasteiger partial charge on any atom is -0.326 e. The highest BCUT2D eigenvalue weighted by Crippen LogP contribution is 2.25. The third-order valence-corrected chi connectivity index (χ3v) is 4.28. The average Bonchev–Trinajstić information content (AvgIpc) is 2.79. The lowest BCUT2D eigenvalue weighted by atomic mass is 10.1. The van der Waals surface area contributed by atoms with E-state index in [0.717, 1.165) is 21.1 Å². The maximum absolute atomic E-state index is 13.7. The fourth-order valence-corrected chi connectivity index (χ4v) is 3.37. The van der Waals surface area contributed by atoms with Gasteiger partial charge in [-0.1, -0.05) is 12.1 Å². The molecule has 4 heteroatoms. The summed E-state index contributed by atoms with van der Waals surface area (Å²) in [6.45, 7) is 6.36. The van der Waals surface area contributed by atoms with Crippen molar-refractivity contribution in [2.24, 2.45) is 0 Å². The third-order valence-electron chi connectivity index (χ3n) is 3.67. The van der Waals surface area contributed by atoms with Crippen LogP contribution >= 0.6 is 15.9 Å². The summed E-state index contributed by atoms with van der Waals surface area (Å²) < 4.78 is 16.8. The summed E-state index contributed by atoms with van der Waals surface area (Å²) in [5.41, 5.74) is 5.68. The molecule has 0 atom stereocenters. The van der Waals surface area contributed by atoms with Gasteiger partial charge in [0.15, 0.2) is 0 Å². The lowest BCUT2D eigenvalue weighted by Gasteiger charge is -2.09. The SMILES string of the molecule is Cc1cc(Br)c2ncn(Cc3cc(C)c(F)c(C)c3)c2c1. The van der Waals surface area contributed by atoms with E-state index in [1.165, 1.54) is 5.56 Å². The van der Waals surface area contributed by atoms with Gasteiger partial charge in [0.2, 0.25) is 0 Å². The lowest BCUT2D eigenvalue weighted by molar-refractivity contribution is 0.607. The number of nitrogens with zero attached hydrogens (tertiary/aromatic N) is 2. The van der Waals surface area contributed by atoms with Gasteiger partial charge in [-0.15, -0.1) is 0 Å². The van der Waals surface area contributed by atoms with Gasteiger partial charge in [-0.25, -0.2) is 9.37 Å². The van der Waals surface area contributed by atoms with E-state index in [-0.39, 0.29) is 5.82 Å². The van der Waals surface area contributed by atoms with Crippen LogP contribution in [0.5, 0.6) is 0 Å². The van der Waals surface area contributed by atoms with E-state index in [1.54, 1.807) is 13.8 Å². The zero-order valence-corrected chi connectivity index (χ0v) is 13.8. The summed E-state index contributed by atoms with van der Waals surface area (Å²) in [5, 5.41) is 0. The van der Waals surface area contributed by atoms with Crippen molar-refractivity contribution in [3.8, 4) is 0 Å². The molecular formula is C17H16BrFN2. The molecule has 108 valence electrons. The smallest absolute Gasteiger partial charge is 0.129 e. The number of imidazole rings is 1. The summed E-state index contributed by atoms with van der Waals surface area (Å²) in [6.07, 6.45) is 1.84. The minimum atomic E-state index is -0.118. The molecule has 0 fully saturated rings. The van der Waals surface area contributed by atoms with Crippen LogP contribution in [-0.4, -0.2) is 9.55 Å². The van der Waals surface area contributed by atoms with Crippen molar-refractivity contribution in [3.63, 3.8) is 0 Å². The summed E-state index contributed by atoms with van der Waals surface area (Å²) in [4.78, 5) is 4.46. The Morgan fingerprint density at radius 2 is 1.76 bits per heavy atom. The molecule has 0 aliphatic carbocycles. The molecule has 0 N–H and O–H groups in total. The molecule has 2 aromatic carbocycles. The number of halogens is 2. The zero-order chi connectivity index (χ0) is 15.1. The van der Waals surface area contributed by atoms with Crippen LogP contribution in [0.4, 0.5) is 4.39 Å². The van der Waals surface area contributed by atoms with Gasteiger partial charge in [-0.3, -0.25) is 0 Å². The molecule has 3 aromatic rings. The molecule has 0 amide bonds. The fourth-order valence-electron chi connectivity index (χ4n) is 2.70. The summed E-state index contributed by atoms with van der Waals surface area (Å²) in [6, 6.07) is 7.99. The number of fused-ring (bicyclic) bond motifs is 1. The first-order chi connectivity index (χ1) is 9.95. The van der Waals surface area contributed by atoms with Gasteiger partial charge in [0.25, 0.3) is 0 Å². The average molecular weight is 347 g/mol. The quantitative estimate of drug-likeness (QED) is 0.644. The summed E-state index contributed by atoms with van der Waals surface area (Å²) in [7, 11) is 0. The molecule has 0 aliphatic heterocycles. The second kappa shape index (κ2) is 5.26. The number of hydrogen-bond donors (Lipinski definition) is 0. The van der Waals surface area contributed by atoms with Gasteiger partial charge in [0.1, 0.15) is 11.3 Å². The first kappa shape index (κ1) is 14.3. The van der Waals surface area contributed by atoms with Gasteiger partial charge in [-0.2, -0.15) is 0 Å². The Morgan fingerprint density at radius 1 is 1.10 bits per heavy atom. The molecule has 3 rings (SSSR count). The predicted molar refractivity (Wildman–Crippen MR) is 87.1 cm³/mol. The molecule has 0 radical (unpaired) electrons. The van der Waals surface area contributed by atoms with E-state index < -0.39 is 0 Å². The highest BCUT2D eigenvalue weighted by Gasteiger charge is 2.09. The Morgan fingerprint density at radius 3 is 2.43 bits per heavy atom. The van der Waals surface area contributed by atoms with E-state index >= 15 is 0 Å². The highest BCUT2D eigenvalue weighted by atomic mass is 79.9. The Bertz CT molecular complexity index is 813. The van der Waals surface area contributed by atoms with Crippen molar-refractivity contribution in [3.05, 3.63) is 63.1 Å². The van der Waals surface area contributed by atoms with E-state index in [0.29, 0.717) is 17.7 Å². The fraction of sp³-hybridized carbons (Fsp3) is 0.235. The number of benzene rings is 2. The van der Waals surface area contributed by atoms with Gasteiger partial charge in [-0.05, 0) is 71.1 Å². The monoisotopic (exact) mass is 346 g/mol. The molecule has 0 bridgehead atoms. The normalized spacial score (nSPS) is 11.3. The summed E-state index contributed by atoms with van der Waals surface area (Å²) in [5.74, 6) is -0.118. The van der Waals surface area contributed by atoms with E-state index in [2.05, 4.69) is 44.5 Å². The van der Waals surface area contributed by atoms with Crippen molar-refractivity contribution in [2.45, 2.75) is 27.3 Å². The Labute approximate surface area is 131 Å². The Hall–Kier alpha value is -1.68. The largest absolute Gasteiger partial charge is 0.326 e. The van der Waals surface area contributed by atoms with Crippen molar-refractivity contribution in [1.82, 2.24) is 9.55 Å².